The minimum absolute atomic E-state index is 0.285. The number of aliphatic carboxylic acids is 1. The third kappa shape index (κ3) is 2.97. The molecule has 3 nitrogen and oxygen atoms in total. The Kier molecular flexibility index (Phi) is 3.02. The maximum atomic E-state index is 12.9. The van der Waals surface area contributed by atoms with Gasteiger partial charge in [0.15, 0.2) is 0 Å². The van der Waals surface area contributed by atoms with Crippen LogP contribution in [0.1, 0.15) is 17.0 Å². The van der Waals surface area contributed by atoms with Gasteiger partial charge in [-0.25, -0.2) is 4.79 Å². The number of rotatable bonds is 3. The fraction of sp³-hybridized carbons (Fsp3) is 0.400. The van der Waals surface area contributed by atoms with Gasteiger partial charge in [0.2, 0.25) is 0 Å². The lowest BCUT2D eigenvalue weighted by Crippen LogP contribution is -2.30. The molecular formula is C10H11F2NO2. The van der Waals surface area contributed by atoms with E-state index in [1.165, 1.54) is 12.1 Å². The van der Waals surface area contributed by atoms with Gasteiger partial charge < -0.3 is 5.11 Å². The Hall–Kier alpha value is -1.52. The average molecular weight is 215 g/mol. The molecule has 0 radical (unpaired) electrons. The van der Waals surface area contributed by atoms with Crippen LogP contribution in [0.15, 0.2) is 12.1 Å². The Bertz CT molecular complexity index is 371. The van der Waals surface area contributed by atoms with E-state index in [-0.39, 0.29) is 5.56 Å². The van der Waals surface area contributed by atoms with Crippen molar-refractivity contribution in [1.29, 1.82) is 0 Å². The summed E-state index contributed by atoms with van der Waals surface area (Å²) in [5.74, 6) is -5.82. The summed E-state index contributed by atoms with van der Waals surface area (Å²) in [6.45, 7) is 3.35. The van der Waals surface area contributed by atoms with Crippen LogP contribution in [-0.4, -0.2) is 22.0 Å². The second kappa shape index (κ2) is 3.92. The maximum Gasteiger partial charge on any atom is 0.374 e. The minimum Gasteiger partial charge on any atom is -0.477 e. The second-order valence-electron chi connectivity index (χ2n) is 3.44. The minimum atomic E-state index is -3.72. The first-order valence-corrected chi connectivity index (χ1v) is 4.36. The van der Waals surface area contributed by atoms with Crippen molar-refractivity contribution in [3.05, 3.63) is 29.1 Å². The van der Waals surface area contributed by atoms with Crippen molar-refractivity contribution in [2.45, 2.75) is 26.2 Å². The average Bonchev–Trinajstić information content (AvgIpc) is 1.99. The Morgan fingerprint density at radius 1 is 1.40 bits per heavy atom. The first-order valence-electron chi connectivity index (χ1n) is 4.36. The van der Waals surface area contributed by atoms with Crippen LogP contribution in [0, 0.1) is 13.8 Å². The molecule has 1 heterocycles. The predicted octanol–water partition coefficient (Wildman–Crippen LogP) is 1.96. The van der Waals surface area contributed by atoms with Crippen molar-refractivity contribution < 1.29 is 18.7 Å². The highest BCUT2D eigenvalue weighted by Crippen LogP contribution is 2.21. The molecule has 0 aliphatic heterocycles. The fourth-order valence-electron chi connectivity index (χ4n) is 1.36. The van der Waals surface area contributed by atoms with Crippen molar-refractivity contribution in [1.82, 2.24) is 4.98 Å². The lowest BCUT2D eigenvalue weighted by atomic mass is 10.1. The zero-order chi connectivity index (χ0) is 11.6. The van der Waals surface area contributed by atoms with Crippen molar-refractivity contribution in [3.8, 4) is 0 Å². The summed E-state index contributed by atoms with van der Waals surface area (Å²) in [6.07, 6.45) is -0.799. The van der Waals surface area contributed by atoms with E-state index >= 15 is 0 Å². The van der Waals surface area contributed by atoms with Crippen LogP contribution >= 0.6 is 0 Å². The molecule has 0 spiro atoms. The highest BCUT2D eigenvalue weighted by molar-refractivity contribution is 5.75. The lowest BCUT2D eigenvalue weighted by molar-refractivity contribution is -0.164. The standard InChI is InChI=1S/C10H11F2NO2/c1-6-3-8(4-7(2)13-6)5-10(11,12)9(14)15/h3-4H,5H2,1-2H3,(H,14,15). The molecule has 0 fully saturated rings. The molecule has 0 aliphatic rings. The highest BCUT2D eigenvalue weighted by Gasteiger charge is 2.38. The van der Waals surface area contributed by atoms with Gasteiger partial charge in [0.05, 0.1) is 0 Å². The van der Waals surface area contributed by atoms with E-state index in [1.807, 2.05) is 0 Å². The van der Waals surface area contributed by atoms with E-state index in [2.05, 4.69) is 4.98 Å². The summed E-state index contributed by atoms with van der Waals surface area (Å²) < 4.78 is 25.8. The zero-order valence-corrected chi connectivity index (χ0v) is 8.42. The number of hydrogen-bond acceptors (Lipinski definition) is 2. The maximum absolute atomic E-state index is 12.9. The summed E-state index contributed by atoms with van der Waals surface area (Å²) in [6, 6.07) is 2.92. The number of aryl methyl sites for hydroxylation is 2. The number of alkyl halides is 2. The number of carboxylic acids is 1. The number of hydrogen-bond donors (Lipinski definition) is 1. The van der Waals surface area contributed by atoms with E-state index in [0.29, 0.717) is 11.4 Å². The van der Waals surface area contributed by atoms with Gasteiger partial charge in [0.1, 0.15) is 0 Å². The molecule has 0 saturated carbocycles. The normalized spacial score (nSPS) is 11.5. The Morgan fingerprint density at radius 3 is 2.27 bits per heavy atom. The summed E-state index contributed by atoms with van der Waals surface area (Å²) in [5, 5.41) is 8.28. The quantitative estimate of drug-likeness (QED) is 0.838. The van der Waals surface area contributed by atoms with Crippen LogP contribution < -0.4 is 0 Å². The molecule has 0 aliphatic carbocycles. The highest BCUT2D eigenvalue weighted by atomic mass is 19.3. The van der Waals surface area contributed by atoms with Crippen LogP contribution in [0.3, 0.4) is 0 Å². The monoisotopic (exact) mass is 215 g/mol. The fourth-order valence-corrected chi connectivity index (χ4v) is 1.36. The topological polar surface area (TPSA) is 50.2 Å². The molecule has 1 aromatic rings. The Labute approximate surface area is 85.8 Å². The number of carbonyl (C=O) groups is 1. The molecule has 1 N–H and O–H groups in total. The molecule has 1 aromatic heterocycles. The van der Waals surface area contributed by atoms with Gasteiger partial charge in [-0.3, -0.25) is 4.98 Å². The predicted molar refractivity (Wildman–Crippen MR) is 50.0 cm³/mol. The van der Waals surface area contributed by atoms with Crippen LogP contribution in [0.4, 0.5) is 8.78 Å². The third-order valence-corrected chi connectivity index (χ3v) is 1.88. The molecule has 1 rings (SSSR count). The molecule has 0 saturated heterocycles. The lowest BCUT2D eigenvalue weighted by Gasteiger charge is -2.11. The smallest absolute Gasteiger partial charge is 0.374 e. The molecular weight excluding hydrogens is 204 g/mol. The van der Waals surface area contributed by atoms with E-state index in [1.54, 1.807) is 13.8 Å². The largest absolute Gasteiger partial charge is 0.477 e. The zero-order valence-electron chi connectivity index (χ0n) is 8.42. The van der Waals surface area contributed by atoms with Gasteiger partial charge in [-0.05, 0) is 31.5 Å². The Morgan fingerprint density at radius 2 is 1.87 bits per heavy atom. The molecule has 15 heavy (non-hydrogen) atoms. The van der Waals surface area contributed by atoms with Crippen LogP contribution in [-0.2, 0) is 11.2 Å². The molecule has 5 heteroatoms. The van der Waals surface area contributed by atoms with Crippen LogP contribution in [0.5, 0.6) is 0 Å². The first-order chi connectivity index (χ1) is 6.81. The van der Waals surface area contributed by atoms with Crippen molar-refractivity contribution >= 4 is 5.97 Å². The van der Waals surface area contributed by atoms with Gasteiger partial charge in [-0.15, -0.1) is 0 Å². The van der Waals surface area contributed by atoms with Gasteiger partial charge in [-0.2, -0.15) is 8.78 Å². The molecule has 82 valence electrons. The first kappa shape index (κ1) is 11.6. The van der Waals surface area contributed by atoms with E-state index in [4.69, 9.17) is 5.11 Å². The Balaban J connectivity index is 2.94. The van der Waals surface area contributed by atoms with Gasteiger partial charge in [0, 0.05) is 17.8 Å². The number of nitrogens with zero attached hydrogens (tertiary/aromatic N) is 1. The van der Waals surface area contributed by atoms with Gasteiger partial charge in [0.25, 0.3) is 0 Å². The van der Waals surface area contributed by atoms with Crippen molar-refractivity contribution in [2.24, 2.45) is 0 Å². The van der Waals surface area contributed by atoms with Crippen LogP contribution in [0.2, 0.25) is 0 Å². The SMILES string of the molecule is Cc1cc(CC(F)(F)C(=O)O)cc(C)n1. The summed E-state index contributed by atoms with van der Waals surface area (Å²) >= 11 is 0. The number of pyridine rings is 1. The van der Waals surface area contributed by atoms with E-state index < -0.39 is 18.3 Å². The molecule has 0 aromatic carbocycles. The second-order valence-corrected chi connectivity index (χ2v) is 3.44. The molecule has 0 amide bonds. The van der Waals surface area contributed by atoms with E-state index in [0.717, 1.165) is 0 Å². The number of halogens is 2. The van der Waals surface area contributed by atoms with Gasteiger partial charge in [-0.1, -0.05) is 0 Å². The number of aromatic nitrogens is 1. The summed E-state index contributed by atoms with van der Waals surface area (Å²) in [5.41, 5.74) is 1.49. The van der Waals surface area contributed by atoms with Gasteiger partial charge >= 0.3 is 11.9 Å². The van der Waals surface area contributed by atoms with Crippen molar-refractivity contribution in [3.63, 3.8) is 0 Å². The molecule has 0 atom stereocenters. The van der Waals surface area contributed by atoms with Crippen LogP contribution in [0.25, 0.3) is 0 Å². The molecule has 0 unspecified atom stereocenters. The summed E-state index contributed by atoms with van der Waals surface area (Å²) in [4.78, 5) is 14.2. The number of carboxylic acid groups (broad SMARTS) is 1. The summed E-state index contributed by atoms with van der Waals surface area (Å²) in [7, 11) is 0. The third-order valence-electron chi connectivity index (χ3n) is 1.88. The molecule has 0 bridgehead atoms. The van der Waals surface area contributed by atoms with E-state index in [9.17, 15) is 13.6 Å². The van der Waals surface area contributed by atoms with Crippen molar-refractivity contribution in [2.75, 3.05) is 0 Å².